The van der Waals surface area contributed by atoms with Crippen LogP contribution >= 0.6 is 27.5 Å². The lowest BCUT2D eigenvalue weighted by Crippen LogP contribution is -2.38. The zero-order valence-corrected chi connectivity index (χ0v) is 21.5. The van der Waals surface area contributed by atoms with Gasteiger partial charge in [-0.25, -0.2) is 8.42 Å². The van der Waals surface area contributed by atoms with E-state index >= 15 is 0 Å². The minimum absolute atomic E-state index is 0.129. The van der Waals surface area contributed by atoms with Crippen molar-refractivity contribution in [2.24, 2.45) is 0 Å². The molecule has 1 amide bonds. The summed E-state index contributed by atoms with van der Waals surface area (Å²) in [5, 5.41) is 2.15. The number of carbonyl (C=O) groups excluding carboxylic acids is 1. The van der Waals surface area contributed by atoms with E-state index in [1.807, 2.05) is 6.92 Å². The van der Waals surface area contributed by atoms with Gasteiger partial charge in [0.2, 0.25) is 5.91 Å². The van der Waals surface area contributed by atoms with Crippen LogP contribution in [0.2, 0.25) is 5.02 Å². The molecule has 0 radical (unpaired) electrons. The first-order valence-corrected chi connectivity index (χ1v) is 12.5. The van der Waals surface area contributed by atoms with E-state index < -0.39 is 34.2 Å². The molecule has 186 valence electrons. The monoisotopic (exact) mass is 590 g/mol. The lowest BCUT2D eigenvalue weighted by atomic mass is 10.2. The zero-order chi connectivity index (χ0) is 26.0. The Balaban J connectivity index is 1.98. The van der Waals surface area contributed by atoms with Gasteiger partial charge in [0, 0.05) is 0 Å². The number of anilines is 2. The molecule has 0 atom stereocenters. The van der Waals surface area contributed by atoms with Crippen molar-refractivity contribution in [1.29, 1.82) is 0 Å². The Kier molecular flexibility index (Phi) is 8.03. The van der Waals surface area contributed by atoms with Crippen LogP contribution in [0.3, 0.4) is 0 Å². The van der Waals surface area contributed by atoms with Crippen molar-refractivity contribution in [3.8, 4) is 5.75 Å². The molecule has 0 aliphatic heterocycles. The number of aryl methyl sites for hydroxylation is 1. The number of alkyl halides is 3. The molecule has 0 aliphatic carbocycles. The minimum Gasteiger partial charge on any atom is -0.496 e. The van der Waals surface area contributed by atoms with E-state index in [4.69, 9.17) is 16.3 Å². The van der Waals surface area contributed by atoms with Crippen LogP contribution in [0.5, 0.6) is 5.75 Å². The quantitative estimate of drug-likeness (QED) is 0.351. The van der Waals surface area contributed by atoms with Crippen LogP contribution in [0, 0.1) is 6.92 Å². The highest BCUT2D eigenvalue weighted by Crippen LogP contribution is 2.34. The van der Waals surface area contributed by atoms with Gasteiger partial charge in [-0.3, -0.25) is 9.10 Å². The highest BCUT2D eigenvalue weighted by atomic mass is 79.9. The molecule has 3 aromatic carbocycles. The number of nitrogens with zero attached hydrogens (tertiary/aromatic N) is 1. The van der Waals surface area contributed by atoms with Crippen molar-refractivity contribution in [3.05, 3.63) is 81.3 Å². The molecule has 0 bridgehead atoms. The molecule has 0 unspecified atom stereocenters. The van der Waals surface area contributed by atoms with E-state index in [1.165, 1.54) is 37.4 Å². The third kappa shape index (κ3) is 6.28. The molecule has 3 aromatic rings. The predicted molar refractivity (Wildman–Crippen MR) is 131 cm³/mol. The summed E-state index contributed by atoms with van der Waals surface area (Å²) in [6.45, 7) is 1.09. The van der Waals surface area contributed by atoms with E-state index in [2.05, 4.69) is 21.2 Å². The summed E-state index contributed by atoms with van der Waals surface area (Å²) in [5.74, 6) is -0.481. The number of carbonyl (C=O) groups is 1. The van der Waals surface area contributed by atoms with Gasteiger partial charge in [0.25, 0.3) is 10.0 Å². The minimum atomic E-state index is -4.65. The highest BCUT2D eigenvalue weighted by Gasteiger charge is 2.32. The fourth-order valence-corrected chi connectivity index (χ4v) is 5.38. The SMILES string of the molecule is COc1ccc(S(=O)(=O)N(CC(=O)Nc2cc(C(F)(F)F)ccc2Cl)c2ccc(C)cc2)cc1Br. The second-order valence-electron chi connectivity index (χ2n) is 7.38. The molecule has 0 saturated heterocycles. The molecule has 12 heteroatoms. The fourth-order valence-electron chi connectivity index (χ4n) is 3.08. The number of benzene rings is 3. The summed E-state index contributed by atoms with van der Waals surface area (Å²) in [6.07, 6.45) is -4.65. The molecule has 0 aliphatic rings. The number of methoxy groups -OCH3 is 1. The van der Waals surface area contributed by atoms with Gasteiger partial charge >= 0.3 is 6.18 Å². The number of nitrogens with one attached hydrogen (secondary N) is 1. The van der Waals surface area contributed by atoms with Gasteiger partial charge in [0.15, 0.2) is 0 Å². The molecular formula is C23H19BrClF3N2O4S. The average Bonchev–Trinajstić information content (AvgIpc) is 2.78. The van der Waals surface area contributed by atoms with Crippen molar-refractivity contribution in [2.45, 2.75) is 18.0 Å². The van der Waals surface area contributed by atoms with Crippen LogP contribution in [-0.4, -0.2) is 28.0 Å². The number of halogens is 5. The summed E-state index contributed by atoms with van der Waals surface area (Å²) in [5.41, 5.74) is -0.255. The lowest BCUT2D eigenvalue weighted by Gasteiger charge is -2.24. The van der Waals surface area contributed by atoms with Gasteiger partial charge in [-0.2, -0.15) is 13.2 Å². The third-order valence-electron chi connectivity index (χ3n) is 4.89. The largest absolute Gasteiger partial charge is 0.496 e. The van der Waals surface area contributed by atoms with Crippen molar-refractivity contribution >= 4 is 54.8 Å². The molecule has 0 heterocycles. The van der Waals surface area contributed by atoms with E-state index in [0.717, 1.165) is 22.0 Å². The smallest absolute Gasteiger partial charge is 0.416 e. The van der Waals surface area contributed by atoms with E-state index in [1.54, 1.807) is 12.1 Å². The molecule has 35 heavy (non-hydrogen) atoms. The molecule has 0 fully saturated rings. The van der Waals surface area contributed by atoms with Crippen molar-refractivity contribution < 1.29 is 31.1 Å². The van der Waals surface area contributed by atoms with Crippen LogP contribution in [0.25, 0.3) is 0 Å². The second-order valence-corrected chi connectivity index (χ2v) is 10.5. The number of hydrogen-bond donors (Lipinski definition) is 1. The summed E-state index contributed by atoms with van der Waals surface area (Å²) in [4.78, 5) is 12.7. The van der Waals surface area contributed by atoms with Crippen molar-refractivity contribution in [1.82, 2.24) is 0 Å². The van der Waals surface area contributed by atoms with Crippen molar-refractivity contribution in [3.63, 3.8) is 0 Å². The Morgan fingerprint density at radius 2 is 1.74 bits per heavy atom. The predicted octanol–water partition coefficient (Wildman–Crippen LogP) is 6.27. The summed E-state index contributed by atoms with van der Waals surface area (Å²) in [7, 11) is -2.84. The molecule has 1 N–H and O–H groups in total. The van der Waals surface area contributed by atoms with Gasteiger partial charge in [-0.05, 0) is 71.4 Å². The van der Waals surface area contributed by atoms with Crippen LogP contribution in [0.4, 0.5) is 24.5 Å². The van der Waals surface area contributed by atoms with E-state index in [9.17, 15) is 26.4 Å². The van der Waals surface area contributed by atoms with Gasteiger partial charge in [0.05, 0.1) is 38.4 Å². The van der Waals surface area contributed by atoms with E-state index in [0.29, 0.717) is 16.3 Å². The lowest BCUT2D eigenvalue weighted by molar-refractivity contribution is -0.137. The Morgan fingerprint density at radius 3 is 2.31 bits per heavy atom. The van der Waals surface area contributed by atoms with Crippen LogP contribution in [0.1, 0.15) is 11.1 Å². The number of hydrogen-bond acceptors (Lipinski definition) is 4. The Hall–Kier alpha value is -2.76. The maximum atomic E-state index is 13.5. The highest BCUT2D eigenvalue weighted by molar-refractivity contribution is 9.10. The first-order chi connectivity index (χ1) is 16.3. The first kappa shape index (κ1) is 26.8. The molecule has 3 rings (SSSR count). The fraction of sp³-hybridized carbons (Fsp3) is 0.174. The molecule has 6 nitrogen and oxygen atoms in total. The molecule has 0 aromatic heterocycles. The standard InChI is InChI=1S/C23H19BrClF3N2O4S/c1-14-3-6-16(7-4-14)30(35(32,33)17-8-10-21(34-2)18(24)12-17)13-22(31)29-20-11-15(23(26,27)28)5-9-19(20)25/h3-12H,13H2,1-2H3,(H,29,31). The van der Waals surface area contributed by atoms with Crippen LogP contribution in [0.15, 0.2) is 70.0 Å². The molecular weight excluding hydrogens is 573 g/mol. The molecule has 0 spiro atoms. The summed E-state index contributed by atoms with van der Waals surface area (Å²) in [6, 6.07) is 13.0. The van der Waals surface area contributed by atoms with Gasteiger partial charge < -0.3 is 10.1 Å². The Bertz CT molecular complexity index is 1350. The Morgan fingerprint density at radius 1 is 1.09 bits per heavy atom. The topological polar surface area (TPSA) is 75.7 Å². The number of amides is 1. The maximum Gasteiger partial charge on any atom is 0.416 e. The average molecular weight is 592 g/mol. The maximum absolute atomic E-state index is 13.5. The number of ether oxygens (including phenoxy) is 1. The summed E-state index contributed by atoms with van der Waals surface area (Å²) >= 11 is 9.21. The second kappa shape index (κ2) is 10.5. The summed E-state index contributed by atoms with van der Waals surface area (Å²) < 4.78 is 72.6. The van der Waals surface area contributed by atoms with Crippen molar-refractivity contribution in [2.75, 3.05) is 23.3 Å². The number of sulfonamides is 1. The van der Waals surface area contributed by atoms with Gasteiger partial charge in [-0.15, -0.1) is 0 Å². The van der Waals surface area contributed by atoms with Crippen LogP contribution in [-0.2, 0) is 21.0 Å². The van der Waals surface area contributed by atoms with E-state index in [-0.39, 0.29) is 21.3 Å². The normalized spacial score (nSPS) is 11.7. The zero-order valence-electron chi connectivity index (χ0n) is 18.4. The van der Waals surface area contributed by atoms with Gasteiger partial charge in [0.1, 0.15) is 12.3 Å². The Labute approximate surface area is 213 Å². The van der Waals surface area contributed by atoms with Crippen LogP contribution < -0.4 is 14.4 Å². The van der Waals surface area contributed by atoms with Gasteiger partial charge in [-0.1, -0.05) is 29.3 Å². The first-order valence-electron chi connectivity index (χ1n) is 9.92. The third-order valence-corrected chi connectivity index (χ3v) is 7.61. The molecule has 0 saturated carbocycles. The number of rotatable bonds is 7.